The van der Waals surface area contributed by atoms with Gasteiger partial charge >= 0.3 is 5.97 Å². The summed E-state index contributed by atoms with van der Waals surface area (Å²) in [6, 6.07) is 11.4. The number of carbonyl (C=O) groups is 1. The smallest absolute Gasteiger partial charge is 0.320 e. The van der Waals surface area contributed by atoms with Gasteiger partial charge in [0.15, 0.2) is 0 Å². The number of rotatable bonds is 2. The average molecular weight is 253 g/mol. The Hall–Kier alpha value is -1.39. The van der Waals surface area contributed by atoms with E-state index in [1.807, 2.05) is 47.2 Å². The van der Waals surface area contributed by atoms with Gasteiger partial charge in [0.2, 0.25) is 0 Å². The van der Waals surface area contributed by atoms with Crippen molar-refractivity contribution in [1.29, 1.82) is 0 Å². The molecule has 0 amide bonds. The number of nitrogens with two attached hydrogens (primary N) is 1. The molecule has 1 unspecified atom stereocenters. The third-order valence-corrected chi connectivity index (χ3v) is 2.50. The summed E-state index contributed by atoms with van der Waals surface area (Å²) in [4.78, 5) is 10.0. The molecule has 4 heteroatoms. The van der Waals surface area contributed by atoms with E-state index in [1.165, 1.54) is 0 Å². The zero-order chi connectivity index (χ0) is 13.1. The van der Waals surface area contributed by atoms with Gasteiger partial charge in [-0.1, -0.05) is 50.2 Å². The second-order valence-corrected chi connectivity index (χ2v) is 4.49. The first-order valence-electron chi connectivity index (χ1n) is 5.34. The highest BCUT2D eigenvalue weighted by Crippen LogP contribution is 1.96. The van der Waals surface area contributed by atoms with E-state index in [9.17, 15) is 4.79 Å². The van der Waals surface area contributed by atoms with Crippen molar-refractivity contribution in [2.24, 2.45) is 11.7 Å². The van der Waals surface area contributed by atoms with Crippen LogP contribution in [0.2, 0.25) is 0 Å². The summed E-state index contributed by atoms with van der Waals surface area (Å²) in [5.41, 5.74) is 5.16. The fourth-order valence-corrected chi connectivity index (χ4v) is 1.22. The van der Waals surface area contributed by atoms with E-state index in [-0.39, 0.29) is 5.92 Å². The fourth-order valence-electron chi connectivity index (χ4n) is 0.769. The van der Waals surface area contributed by atoms with E-state index >= 15 is 0 Å². The lowest BCUT2D eigenvalue weighted by atomic mass is 10.1. The van der Waals surface area contributed by atoms with Crippen LogP contribution in [-0.4, -0.2) is 17.1 Å². The van der Waals surface area contributed by atoms with Crippen LogP contribution in [0.15, 0.2) is 47.2 Å². The zero-order valence-corrected chi connectivity index (χ0v) is 10.9. The van der Waals surface area contributed by atoms with Crippen LogP contribution in [-0.2, 0) is 4.79 Å². The Balaban J connectivity index is 0.000000304. The lowest BCUT2D eigenvalue weighted by Crippen LogP contribution is -2.34. The van der Waals surface area contributed by atoms with Crippen LogP contribution in [0.5, 0.6) is 0 Å². The van der Waals surface area contributed by atoms with Crippen molar-refractivity contribution >= 4 is 17.3 Å². The van der Waals surface area contributed by atoms with E-state index in [0.29, 0.717) is 0 Å². The van der Waals surface area contributed by atoms with E-state index < -0.39 is 12.0 Å². The van der Waals surface area contributed by atoms with Crippen LogP contribution in [0.3, 0.4) is 0 Å². The van der Waals surface area contributed by atoms with Crippen LogP contribution >= 0.6 is 11.3 Å². The molecule has 1 heterocycles. The molecule has 0 saturated carbocycles. The molecule has 94 valence electrons. The molecule has 1 aromatic rings. The van der Waals surface area contributed by atoms with Crippen LogP contribution in [0.25, 0.3) is 0 Å². The van der Waals surface area contributed by atoms with E-state index in [2.05, 4.69) is 0 Å². The van der Waals surface area contributed by atoms with Gasteiger partial charge in [0.1, 0.15) is 6.04 Å². The van der Waals surface area contributed by atoms with Gasteiger partial charge in [-0.15, -0.1) is 0 Å². The Bertz CT molecular complexity index is 287. The summed E-state index contributed by atoms with van der Waals surface area (Å²) in [6.45, 7) is 3.55. The molecule has 3 N–H and O–H groups in total. The summed E-state index contributed by atoms with van der Waals surface area (Å²) < 4.78 is 0. The fraction of sp³-hybridized carbons (Fsp3) is 0.308. The highest BCUT2D eigenvalue weighted by molar-refractivity contribution is 7.07. The summed E-state index contributed by atoms with van der Waals surface area (Å²) >= 11 is 1.68. The van der Waals surface area contributed by atoms with Crippen LogP contribution in [0, 0.1) is 5.92 Å². The SMILES string of the molecule is CC(C)C(N)C(=O)O.c1ccccsccc1. The number of hydrogen-bond donors (Lipinski definition) is 2. The third-order valence-electron chi connectivity index (χ3n) is 1.87. The first kappa shape index (κ1) is 15.6. The zero-order valence-electron chi connectivity index (χ0n) is 10.1. The van der Waals surface area contributed by atoms with E-state index in [1.54, 1.807) is 25.2 Å². The van der Waals surface area contributed by atoms with Gasteiger partial charge in [-0.2, -0.15) is 11.3 Å². The predicted octanol–water partition coefficient (Wildman–Crippen LogP) is 2.93. The van der Waals surface area contributed by atoms with Gasteiger partial charge in [-0.3, -0.25) is 4.79 Å². The molecule has 0 saturated heterocycles. The molecule has 0 aliphatic carbocycles. The molecule has 0 radical (unpaired) electrons. The quantitative estimate of drug-likeness (QED) is 0.851. The summed E-state index contributed by atoms with van der Waals surface area (Å²) in [5, 5.41) is 12.3. The molecule has 1 atom stereocenters. The Morgan fingerprint density at radius 1 is 1.06 bits per heavy atom. The Morgan fingerprint density at radius 3 is 1.76 bits per heavy atom. The van der Waals surface area contributed by atoms with Crippen LogP contribution in [0.1, 0.15) is 13.8 Å². The van der Waals surface area contributed by atoms with Crippen LogP contribution in [0.4, 0.5) is 0 Å². The normalized spacial score (nSPS) is 10.8. The number of carboxylic acids is 1. The maximum atomic E-state index is 10.0. The molecule has 0 aliphatic heterocycles. The number of hydrogen-bond acceptors (Lipinski definition) is 3. The van der Waals surface area contributed by atoms with Gasteiger partial charge in [-0.05, 0) is 16.7 Å². The third kappa shape index (κ3) is 9.53. The number of aliphatic carboxylic acids is 1. The molecule has 0 aromatic carbocycles. The largest absolute Gasteiger partial charge is 0.480 e. The standard InChI is InChI=1S/C8H8S.C5H11NO2/c1-2-4-6-8-9-7-5-3-1;1-3(2)4(6)5(7)8/h1-8H;3-4H,6H2,1-2H3,(H,7,8). The van der Waals surface area contributed by atoms with Gasteiger partial charge in [0.25, 0.3) is 0 Å². The van der Waals surface area contributed by atoms with Crippen molar-refractivity contribution in [3.63, 3.8) is 0 Å². The first-order valence-corrected chi connectivity index (χ1v) is 6.29. The molecule has 17 heavy (non-hydrogen) atoms. The molecule has 0 fully saturated rings. The average Bonchev–Trinajstić information content (AvgIpc) is 2.43. The van der Waals surface area contributed by atoms with Crippen molar-refractivity contribution in [3.8, 4) is 0 Å². The van der Waals surface area contributed by atoms with E-state index in [4.69, 9.17) is 10.8 Å². The Morgan fingerprint density at radius 2 is 1.47 bits per heavy atom. The van der Waals surface area contributed by atoms with E-state index in [0.717, 1.165) is 0 Å². The Kier molecular flexibility index (Phi) is 9.01. The molecule has 0 spiro atoms. The minimum Gasteiger partial charge on any atom is -0.480 e. The molecule has 1 rings (SSSR count). The highest BCUT2D eigenvalue weighted by atomic mass is 32.1. The van der Waals surface area contributed by atoms with Crippen molar-refractivity contribution < 1.29 is 9.90 Å². The van der Waals surface area contributed by atoms with Crippen molar-refractivity contribution in [3.05, 3.63) is 47.2 Å². The summed E-state index contributed by atoms with van der Waals surface area (Å²) in [7, 11) is 0. The minimum atomic E-state index is -0.931. The Labute approximate surface area is 106 Å². The lowest BCUT2D eigenvalue weighted by Gasteiger charge is -2.07. The van der Waals surface area contributed by atoms with Gasteiger partial charge < -0.3 is 10.8 Å². The lowest BCUT2D eigenvalue weighted by molar-refractivity contribution is -0.139. The summed E-state index contributed by atoms with van der Waals surface area (Å²) in [6.07, 6.45) is 0. The van der Waals surface area contributed by atoms with Crippen molar-refractivity contribution in [2.75, 3.05) is 0 Å². The van der Waals surface area contributed by atoms with Crippen LogP contribution < -0.4 is 5.73 Å². The second kappa shape index (κ2) is 9.81. The maximum Gasteiger partial charge on any atom is 0.320 e. The maximum absolute atomic E-state index is 10.0. The van der Waals surface area contributed by atoms with Gasteiger partial charge in [0.05, 0.1) is 0 Å². The summed E-state index contributed by atoms with van der Waals surface area (Å²) in [5.74, 6) is -0.910. The topological polar surface area (TPSA) is 63.3 Å². The first-order chi connectivity index (χ1) is 8.05. The molecule has 0 bridgehead atoms. The number of carboxylic acid groups (broad SMARTS) is 1. The molecule has 3 nitrogen and oxygen atoms in total. The van der Waals surface area contributed by atoms with Gasteiger partial charge in [0, 0.05) is 0 Å². The van der Waals surface area contributed by atoms with Crippen molar-refractivity contribution in [2.45, 2.75) is 19.9 Å². The monoisotopic (exact) mass is 253 g/mol. The molecule has 1 aromatic heterocycles. The predicted molar refractivity (Wildman–Crippen MR) is 72.4 cm³/mol. The molecular weight excluding hydrogens is 234 g/mol. The molecule has 0 aliphatic rings. The minimum absolute atomic E-state index is 0.0208. The molecular formula is C13H19NO2S. The van der Waals surface area contributed by atoms with Crippen molar-refractivity contribution in [1.82, 2.24) is 0 Å². The second-order valence-electron chi connectivity index (χ2n) is 3.67. The van der Waals surface area contributed by atoms with Gasteiger partial charge in [-0.25, -0.2) is 0 Å². The highest BCUT2D eigenvalue weighted by Gasteiger charge is 2.14.